The second-order valence-corrected chi connectivity index (χ2v) is 6.61. The molecule has 0 saturated heterocycles. The summed E-state index contributed by atoms with van der Waals surface area (Å²) in [4.78, 5) is 25.9. The molecular formula is C22H13ClN4O2. The first-order valence-corrected chi connectivity index (χ1v) is 9.05. The van der Waals surface area contributed by atoms with Crippen LogP contribution in [0.4, 0.5) is 5.69 Å². The Morgan fingerprint density at radius 2 is 1.69 bits per heavy atom. The van der Waals surface area contributed by atoms with E-state index in [4.69, 9.17) is 16.9 Å². The lowest BCUT2D eigenvalue weighted by Gasteiger charge is -2.11. The summed E-state index contributed by atoms with van der Waals surface area (Å²) in [6.07, 6.45) is 0. The molecule has 0 radical (unpaired) electrons. The molecule has 6 nitrogen and oxygen atoms in total. The summed E-state index contributed by atoms with van der Waals surface area (Å²) in [6.45, 7) is 0. The first-order chi connectivity index (χ1) is 14.1. The molecule has 1 amide bonds. The number of benzene rings is 3. The van der Waals surface area contributed by atoms with Crippen molar-refractivity contribution in [2.45, 2.75) is 0 Å². The number of hydrogen-bond acceptors (Lipinski definition) is 4. The van der Waals surface area contributed by atoms with Gasteiger partial charge in [-0.2, -0.15) is 15.0 Å². The summed E-state index contributed by atoms with van der Waals surface area (Å²) in [7, 11) is 0. The van der Waals surface area contributed by atoms with E-state index in [9.17, 15) is 9.59 Å². The number of aromatic nitrogens is 2. The van der Waals surface area contributed by atoms with Gasteiger partial charge in [0.05, 0.1) is 21.7 Å². The molecule has 0 aliphatic rings. The van der Waals surface area contributed by atoms with Crippen LogP contribution in [0.3, 0.4) is 0 Å². The first kappa shape index (κ1) is 18.4. The van der Waals surface area contributed by atoms with Crippen molar-refractivity contribution in [2.75, 3.05) is 5.32 Å². The van der Waals surface area contributed by atoms with Gasteiger partial charge in [-0.3, -0.25) is 9.59 Å². The SMILES string of the molecule is N#Cc1cc(NC(=O)c2nn(-c3ccccc3)c(=O)c3ccccc23)ccc1Cl. The zero-order valence-electron chi connectivity index (χ0n) is 15.0. The van der Waals surface area contributed by atoms with Gasteiger partial charge >= 0.3 is 0 Å². The third kappa shape index (κ3) is 3.47. The Morgan fingerprint density at radius 1 is 1.00 bits per heavy atom. The fourth-order valence-corrected chi connectivity index (χ4v) is 3.14. The molecule has 0 aliphatic carbocycles. The predicted octanol–water partition coefficient (Wildman–Crippen LogP) is 4.16. The van der Waals surface area contributed by atoms with E-state index in [1.54, 1.807) is 54.6 Å². The van der Waals surface area contributed by atoms with Crippen LogP contribution in [0.1, 0.15) is 16.1 Å². The number of anilines is 1. The van der Waals surface area contributed by atoms with Gasteiger partial charge in [-0.25, -0.2) is 0 Å². The molecule has 0 aliphatic heterocycles. The molecule has 0 fully saturated rings. The number of amides is 1. The molecule has 29 heavy (non-hydrogen) atoms. The van der Waals surface area contributed by atoms with Crippen molar-refractivity contribution in [2.24, 2.45) is 0 Å². The molecule has 1 N–H and O–H groups in total. The van der Waals surface area contributed by atoms with Gasteiger partial charge in [0.1, 0.15) is 6.07 Å². The Bertz CT molecular complexity index is 1340. The smallest absolute Gasteiger partial charge is 0.279 e. The zero-order chi connectivity index (χ0) is 20.4. The molecule has 0 saturated carbocycles. The molecule has 1 heterocycles. The highest BCUT2D eigenvalue weighted by Gasteiger charge is 2.18. The highest BCUT2D eigenvalue weighted by atomic mass is 35.5. The molecular weight excluding hydrogens is 388 g/mol. The van der Waals surface area contributed by atoms with Crippen molar-refractivity contribution >= 4 is 34.0 Å². The van der Waals surface area contributed by atoms with Crippen LogP contribution >= 0.6 is 11.6 Å². The lowest BCUT2D eigenvalue weighted by molar-refractivity contribution is 0.102. The van der Waals surface area contributed by atoms with Crippen LogP contribution < -0.4 is 10.9 Å². The molecule has 1 aromatic heterocycles. The summed E-state index contributed by atoms with van der Waals surface area (Å²) in [5.41, 5.74) is 0.977. The van der Waals surface area contributed by atoms with Crippen molar-refractivity contribution in [3.63, 3.8) is 0 Å². The second-order valence-electron chi connectivity index (χ2n) is 6.21. The van der Waals surface area contributed by atoms with E-state index in [0.29, 0.717) is 27.2 Å². The second kappa shape index (κ2) is 7.58. The number of rotatable bonds is 3. The number of para-hydroxylation sites is 1. The summed E-state index contributed by atoms with van der Waals surface area (Å²) in [5.74, 6) is -0.503. The fraction of sp³-hybridized carbons (Fsp3) is 0. The number of nitriles is 1. The number of hydrogen-bond donors (Lipinski definition) is 1. The number of nitrogens with zero attached hydrogens (tertiary/aromatic N) is 3. The van der Waals surface area contributed by atoms with E-state index < -0.39 is 5.91 Å². The van der Waals surface area contributed by atoms with Crippen molar-refractivity contribution in [1.82, 2.24) is 9.78 Å². The van der Waals surface area contributed by atoms with E-state index in [1.807, 2.05) is 12.1 Å². The Morgan fingerprint density at radius 3 is 2.41 bits per heavy atom. The highest BCUT2D eigenvalue weighted by Crippen LogP contribution is 2.21. The summed E-state index contributed by atoms with van der Waals surface area (Å²) >= 11 is 5.95. The Hall–Kier alpha value is -3.95. The van der Waals surface area contributed by atoms with Gasteiger partial charge in [0.15, 0.2) is 5.69 Å². The number of carbonyl (C=O) groups excluding carboxylic acids is 1. The standard InChI is InChI=1S/C22H13ClN4O2/c23-19-11-10-15(12-14(19)13-24)25-21(28)20-17-8-4-5-9-18(17)22(29)27(26-20)16-6-2-1-3-7-16/h1-12H,(H,25,28). The van der Waals surface area contributed by atoms with Crippen molar-refractivity contribution in [1.29, 1.82) is 5.26 Å². The van der Waals surface area contributed by atoms with Gasteiger partial charge in [-0.1, -0.05) is 48.0 Å². The van der Waals surface area contributed by atoms with Crippen LogP contribution in [0.25, 0.3) is 16.5 Å². The average molecular weight is 401 g/mol. The van der Waals surface area contributed by atoms with Crippen LogP contribution in [0.2, 0.25) is 5.02 Å². The van der Waals surface area contributed by atoms with E-state index in [2.05, 4.69) is 10.4 Å². The van der Waals surface area contributed by atoms with Crippen LogP contribution in [0, 0.1) is 11.3 Å². The monoisotopic (exact) mass is 400 g/mol. The van der Waals surface area contributed by atoms with Gasteiger partial charge in [-0.05, 0) is 36.4 Å². The van der Waals surface area contributed by atoms with Crippen molar-refractivity contribution < 1.29 is 4.79 Å². The van der Waals surface area contributed by atoms with Gasteiger partial charge in [-0.15, -0.1) is 0 Å². The lowest BCUT2D eigenvalue weighted by Crippen LogP contribution is -2.26. The van der Waals surface area contributed by atoms with Gasteiger partial charge in [0.25, 0.3) is 11.5 Å². The third-order valence-corrected chi connectivity index (χ3v) is 4.70. The molecule has 0 unspecified atom stereocenters. The minimum absolute atomic E-state index is 0.0949. The largest absolute Gasteiger partial charge is 0.321 e. The number of fused-ring (bicyclic) bond motifs is 1. The Balaban J connectivity index is 1.85. The third-order valence-electron chi connectivity index (χ3n) is 4.37. The fourth-order valence-electron chi connectivity index (χ4n) is 2.98. The number of nitrogens with one attached hydrogen (secondary N) is 1. The molecule has 140 valence electrons. The molecule has 3 aromatic carbocycles. The number of halogens is 1. The van der Waals surface area contributed by atoms with Gasteiger partial charge < -0.3 is 5.32 Å². The summed E-state index contributed by atoms with van der Waals surface area (Å²) < 4.78 is 1.21. The van der Waals surface area contributed by atoms with Crippen LogP contribution in [-0.2, 0) is 0 Å². The van der Waals surface area contributed by atoms with E-state index in [-0.39, 0.29) is 16.8 Å². The minimum atomic E-state index is -0.503. The lowest BCUT2D eigenvalue weighted by atomic mass is 10.1. The summed E-state index contributed by atoms with van der Waals surface area (Å²) in [5, 5.41) is 17.3. The molecule has 7 heteroatoms. The molecule has 0 spiro atoms. The number of carbonyl (C=O) groups is 1. The predicted molar refractivity (Wildman–Crippen MR) is 111 cm³/mol. The molecule has 4 aromatic rings. The van der Waals surface area contributed by atoms with Crippen LogP contribution in [0.15, 0.2) is 77.6 Å². The highest BCUT2D eigenvalue weighted by molar-refractivity contribution is 6.31. The topological polar surface area (TPSA) is 87.8 Å². The first-order valence-electron chi connectivity index (χ1n) is 8.67. The molecule has 0 atom stereocenters. The Kier molecular flexibility index (Phi) is 4.82. The van der Waals surface area contributed by atoms with E-state index in [1.165, 1.54) is 16.8 Å². The minimum Gasteiger partial charge on any atom is -0.321 e. The zero-order valence-corrected chi connectivity index (χ0v) is 15.7. The van der Waals surface area contributed by atoms with Crippen LogP contribution in [-0.4, -0.2) is 15.7 Å². The van der Waals surface area contributed by atoms with Crippen LogP contribution in [0.5, 0.6) is 0 Å². The van der Waals surface area contributed by atoms with E-state index in [0.717, 1.165) is 0 Å². The Labute approximate surface area is 170 Å². The molecule has 0 bridgehead atoms. The molecule has 4 rings (SSSR count). The summed E-state index contributed by atoms with van der Waals surface area (Å²) in [6, 6.07) is 22.3. The normalized spacial score (nSPS) is 10.5. The average Bonchev–Trinajstić information content (AvgIpc) is 2.76. The maximum Gasteiger partial charge on any atom is 0.279 e. The van der Waals surface area contributed by atoms with Gasteiger partial charge in [0.2, 0.25) is 0 Å². The maximum atomic E-state index is 13.0. The van der Waals surface area contributed by atoms with Gasteiger partial charge in [0, 0.05) is 11.1 Å². The van der Waals surface area contributed by atoms with Crippen molar-refractivity contribution in [3.8, 4) is 11.8 Å². The van der Waals surface area contributed by atoms with E-state index >= 15 is 0 Å². The maximum absolute atomic E-state index is 13.0. The van der Waals surface area contributed by atoms with Crippen molar-refractivity contribution in [3.05, 3.63) is 99.4 Å². The quantitative estimate of drug-likeness (QED) is 0.559.